The van der Waals surface area contributed by atoms with Gasteiger partial charge in [0.05, 0.1) is 12.0 Å². The number of benzene rings is 2. The minimum absolute atomic E-state index is 0.113. The lowest BCUT2D eigenvalue weighted by atomic mass is 9.97. The molecule has 1 fully saturated rings. The van der Waals surface area contributed by atoms with E-state index < -0.39 is 43.1 Å². The number of aliphatic hydroxyl groups excluding tert-OH is 4. The fourth-order valence-electron chi connectivity index (χ4n) is 3.89. The molecule has 8 nitrogen and oxygen atoms in total. The number of ether oxygens (including phenoxy) is 2. The van der Waals surface area contributed by atoms with Crippen LogP contribution in [0, 0.1) is 5.82 Å². The van der Waals surface area contributed by atoms with E-state index in [0.717, 1.165) is 0 Å². The topological polar surface area (TPSA) is 133 Å². The molecule has 0 spiro atoms. The Kier molecular flexibility index (Phi) is 6.11. The predicted molar refractivity (Wildman–Crippen MR) is 112 cm³/mol. The van der Waals surface area contributed by atoms with Crippen LogP contribution >= 0.6 is 0 Å². The number of hydrogen-bond donors (Lipinski definition) is 5. The van der Waals surface area contributed by atoms with Gasteiger partial charge in [-0.25, -0.2) is 4.39 Å². The van der Waals surface area contributed by atoms with Crippen LogP contribution in [-0.2, 0) is 4.74 Å². The summed E-state index contributed by atoms with van der Waals surface area (Å²) in [5.41, 5.74) is 1.14. The van der Waals surface area contributed by atoms with E-state index in [1.54, 1.807) is 12.1 Å². The Morgan fingerprint density at radius 1 is 1.06 bits per heavy atom. The van der Waals surface area contributed by atoms with Gasteiger partial charge in [0.25, 0.3) is 0 Å². The number of rotatable bonds is 5. The van der Waals surface area contributed by atoms with Gasteiger partial charge in [-0.05, 0) is 36.2 Å². The van der Waals surface area contributed by atoms with Crippen LogP contribution in [0.15, 0.2) is 40.8 Å². The molecular weight excluding hydrogens is 423 g/mol. The smallest absolute Gasteiger partial charge is 0.229 e. The van der Waals surface area contributed by atoms with Crippen molar-refractivity contribution in [1.29, 1.82) is 0 Å². The van der Waals surface area contributed by atoms with Gasteiger partial charge in [0, 0.05) is 11.1 Å². The first-order valence-corrected chi connectivity index (χ1v) is 10.2. The fourth-order valence-corrected chi connectivity index (χ4v) is 3.89. The highest BCUT2D eigenvalue weighted by Crippen LogP contribution is 2.41. The molecule has 0 amide bonds. The van der Waals surface area contributed by atoms with Gasteiger partial charge in [-0.2, -0.15) is 0 Å². The number of phenols is 1. The quantitative estimate of drug-likeness (QED) is 0.402. The lowest BCUT2D eigenvalue weighted by molar-refractivity contribution is -0.277. The van der Waals surface area contributed by atoms with Crippen molar-refractivity contribution in [3.8, 4) is 22.8 Å². The summed E-state index contributed by atoms with van der Waals surface area (Å²) < 4.78 is 31.1. The average molecular weight is 448 g/mol. The summed E-state index contributed by atoms with van der Waals surface area (Å²) in [5, 5.41) is 50.7. The summed E-state index contributed by atoms with van der Waals surface area (Å²) in [6.45, 7) is 3.05. The van der Waals surface area contributed by atoms with Crippen LogP contribution in [0.25, 0.3) is 22.3 Å². The third-order valence-corrected chi connectivity index (χ3v) is 5.58. The largest absolute Gasteiger partial charge is 0.507 e. The zero-order chi connectivity index (χ0) is 23.2. The third-order valence-electron chi connectivity index (χ3n) is 5.58. The lowest BCUT2D eigenvalue weighted by Crippen LogP contribution is -2.60. The Labute approximate surface area is 183 Å². The van der Waals surface area contributed by atoms with Gasteiger partial charge in [-0.15, -0.1) is 0 Å². The van der Waals surface area contributed by atoms with Crippen LogP contribution in [0.3, 0.4) is 0 Å². The maximum Gasteiger partial charge on any atom is 0.229 e. The van der Waals surface area contributed by atoms with Gasteiger partial charge in [0.2, 0.25) is 6.29 Å². The van der Waals surface area contributed by atoms with E-state index in [-0.39, 0.29) is 28.6 Å². The first-order chi connectivity index (χ1) is 15.2. The minimum atomic E-state index is -1.61. The summed E-state index contributed by atoms with van der Waals surface area (Å²) in [4.78, 5) is 0. The van der Waals surface area contributed by atoms with E-state index >= 15 is 0 Å². The van der Waals surface area contributed by atoms with Crippen molar-refractivity contribution in [1.82, 2.24) is 0 Å². The first kappa shape index (κ1) is 22.5. The zero-order valence-corrected chi connectivity index (χ0v) is 17.5. The van der Waals surface area contributed by atoms with Crippen molar-refractivity contribution >= 4 is 11.0 Å². The number of halogens is 1. The van der Waals surface area contributed by atoms with Crippen LogP contribution in [0.1, 0.15) is 25.3 Å². The van der Waals surface area contributed by atoms with Crippen LogP contribution in [0.5, 0.6) is 11.5 Å². The molecule has 0 aliphatic carbocycles. The van der Waals surface area contributed by atoms with E-state index in [1.165, 1.54) is 24.3 Å². The van der Waals surface area contributed by atoms with Gasteiger partial charge in [0.15, 0.2) is 0 Å². The number of aromatic hydroxyl groups is 1. The van der Waals surface area contributed by atoms with E-state index in [4.69, 9.17) is 13.9 Å². The normalized spacial score (nSPS) is 26.1. The number of furan rings is 1. The van der Waals surface area contributed by atoms with Crippen LogP contribution in [0.2, 0.25) is 0 Å². The number of fused-ring (bicyclic) bond motifs is 1. The van der Waals surface area contributed by atoms with Crippen LogP contribution < -0.4 is 4.74 Å². The highest BCUT2D eigenvalue weighted by atomic mass is 19.1. The molecule has 4 rings (SSSR count). The van der Waals surface area contributed by atoms with E-state index in [9.17, 15) is 29.9 Å². The molecule has 1 unspecified atom stereocenters. The summed E-state index contributed by atoms with van der Waals surface area (Å²) in [6, 6.07) is 8.98. The third kappa shape index (κ3) is 3.94. The number of phenolic OH excluding ortho intramolecular Hbond substituents is 1. The Bertz CT molecular complexity index is 1110. The highest BCUT2D eigenvalue weighted by Gasteiger charge is 2.45. The maximum atomic E-state index is 14.1. The second-order valence-corrected chi connectivity index (χ2v) is 8.14. The molecule has 172 valence electrons. The molecule has 1 aliphatic heterocycles. The highest BCUT2D eigenvalue weighted by molar-refractivity contribution is 5.84. The second kappa shape index (κ2) is 8.68. The Hall–Kier alpha value is -2.69. The molecule has 0 bridgehead atoms. The van der Waals surface area contributed by atoms with Gasteiger partial charge in [-0.1, -0.05) is 19.9 Å². The van der Waals surface area contributed by atoms with Crippen LogP contribution in [-0.4, -0.2) is 62.8 Å². The van der Waals surface area contributed by atoms with Gasteiger partial charge in [0.1, 0.15) is 53.1 Å². The van der Waals surface area contributed by atoms with Crippen molar-refractivity contribution < 1.29 is 43.8 Å². The second-order valence-electron chi connectivity index (χ2n) is 8.14. The molecule has 2 aromatic carbocycles. The van der Waals surface area contributed by atoms with Gasteiger partial charge >= 0.3 is 0 Å². The summed E-state index contributed by atoms with van der Waals surface area (Å²) in [6.07, 6.45) is -7.31. The minimum Gasteiger partial charge on any atom is -0.507 e. The lowest BCUT2D eigenvalue weighted by Gasteiger charge is -2.39. The summed E-state index contributed by atoms with van der Waals surface area (Å²) in [7, 11) is 0. The molecule has 1 aromatic heterocycles. The predicted octanol–water partition coefficient (Wildman–Crippen LogP) is 2.25. The SMILES string of the molecule is CC(C)c1c(O)cc(-c2cc3c(F)cccc3o2)cc1OC1O[C@H](CO)[C@@H](O)[C@H](O)[C@H]1O. The molecule has 0 radical (unpaired) electrons. The van der Waals surface area contributed by atoms with Crippen molar-refractivity contribution in [2.75, 3.05) is 6.61 Å². The number of aliphatic hydroxyl groups is 4. The Balaban J connectivity index is 1.75. The number of hydrogen-bond acceptors (Lipinski definition) is 8. The molecule has 9 heteroatoms. The Morgan fingerprint density at radius 2 is 1.81 bits per heavy atom. The summed E-state index contributed by atoms with van der Waals surface area (Å²) >= 11 is 0. The van der Waals surface area contributed by atoms with Crippen molar-refractivity contribution in [2.45, 2.75) is 50.5 Å². The molecule has 5 atom stereocenters. The molecule has 1 aliphatic rings. The standard InChI is InChI=1S/C23H25FO8/c1-10(2)19-14(26)6-11(16-8-12-13(24)4-3-5-15(12)30-16)7-17(19)31-23-22(29)21(28)20(27)18(9-25)32-23/h3-8,10,18,20-23,25-29H,9H2,1-2H3/t18-,20-,21+,22-,23?/m1/s1. The Morgan fingerprint density at radius 3 is 2.47 bits per heavy atom. The molecule has 5 N–H and O–H groups in total. The maximum absolute atomic E-state index is 14.1. The van der Waals surface area contributed by atoms with Crippen molar-refractivity contribution in [2.24, 2.45) is 0 Å². The van der Waals surface area contributed by atoms with Gasteiger partial charge < -0.3 is 39.4 Å². The van der Waals surface area contributed by atoms with E-state index in [0.29, 0.717) is 16.7 Å². The molecule has 0 saturated carbocycles. The zero-order valence-electron chi connectivity index (χ0n) is 17.5. The van der Waals surface area contributed by atoms with Crippen molar-refractivity contribution in [3.63, 3.8) is 0 Å². The van der Waals surface area contributed by atoms with E-state index in [1.807, 2.05) is 13.8 Å². The molecule has 2 heterocycles. The molecule has 32 heavy (non-hydrogen) atoms. The van der Waals surface area contributed by atoms with Crippen molar-refractivity contribution in [3.05, 3.63) is 47.8 Å². The van der Waals surface area contributed by atoms with Crippen LogP contribution in [0.4, 0.5) is 4.39 Å². The van der Waals surface area contributed by atoms with E-state index in [2.05, 4.69) is 0 Å². The monoisotopic (exact) mass is 448 g/mol. The average Bonchev–Trinajstić information content (AvgIpc) is 3.19. The fraction of sp³-hybridized carbons (Fsp3) is 0.391. The molecular formula is C23H25FO8. The van der Waals surface area contributed by atoms with Gasteiger partial charge in [-0.3, -0.25) is 0 Å². The molecule has 1 saturated heterocycles. The molecule has 3 aromatic rings. The first-order valence-electron chi connectivity index (χ1n) is 10.2. The summed E-state index contributed by atoms with van der Waals surface area (Å²) in [5.74, 6) is -0.331.